The van der Waals surface area contributed by atoms with Crippen molar-refractivity contribution in [2.24, 2.45) is 5.92 Å². The Kier molecular flexibility index (Phi) is 7.27. The van der Waals surface area contributed by atoms with E-state index in [-0.39, 0.29) is 12.5 Å². The van der Waals surface area contributed by atoms with Crippen LogP contribution in [-0.4, -0.2) is 31.1 Å². The summed E-state index contributed by atoms with van der Waals surface area (Å²) in [6.45, 7) is 1.91. The molecule has 2 rings (SSSR count). The van der Waals surface area contributed by atoms with E-state index in [1.807, 2.05) is 6.07 Å². The Morgan fingerprint density at radius 2 is 1.92 bits per heavy atom. The highest BCUT2D eigenvalue weighted by molar-refractivity contribution is 5.83. The highest BCUT2D eigenvalue weighted by Gasteiger charge is 2.20. The van der Waals surface area contributed by atoms with Gasteiger partial charge in [0.05, 0.1) is 11.6 Å². The second-order valence-corrected chi connectivity index (χ2v) is 6.31. The van der Waals surface area contributed by atoms with Crippen LogP contribution in [0.2, 0.25) is 0 Å². The van der Waals surface area contributed by atoms with Crippen LogP contribution in [0.15, 0.2) is 24.3 Å². The fourth-order valence-electron chi connectivity index (χ4n) is 2.83. The summed E-state index contributed by atoms with van der Waals surface area (Å²) in [5.74, 6) is 0.104. The smallest absolute Gasteiger partial charge is 0.344 e. The number of hydrogen-bond donors (Lipinski definition) is 1. The number of esters is 1. The lowest BCUT2D eigenvalue weighted by atomic mass is 9.89. The number of benzene rings is 1. The van der Waals surface area contributed by atoms with E-state index in [0.717, 1.165) is 12.8 Å². The Labute approximate surface area is 148 Å². The number of nitriles is 1. The summed E-state index contributed by atoms with van der Waals surface area (Å²) in [4.78, 5) is 23.8. The third-order valence-corrected chi connectivity index (χ3v) is 4.31. The standard InChI is InChI=1S/C19H24N2O4/c1-14(19(23)21-12-16-5-3-2-4-6-16)25-18(22)13-24-17-9-7-15(11-20)8-10-17/h7-10,14,16H,2-6,12-13H2,1H3,(H,21,23)/t14-/m1/s1. The molecule has 25 heavy (non-hydrogen) atoms. The summed E-state index contributed by atoms with van der Waals surface area (Å²) in [5.41, 5.74) is 0.512. The maximum absolute atomic E-state index is 12.0. The Morgan fingerprint density at radius 3 is 2.56 bits per heavy atom. The van der Waals surface area contributed by atoms with Gasteiger partial charge in [0.1, 0.15) is 5.75 Å². The molecule has 0 aromatic heterocycles. The number of hydrogen-bond acceptors (Lipinski definition) is 5. The van der Waals surface area contributed by atoms with Crippen molar-refractivity contribution >= 4 is 11.9 Å². The molecule has 0 heterocycles. The van der Waals surface area contributed by atoms with Crippen LogP contribution in [0, 0.1) is 17.2 Å². The van der Waals surface area contributed by atoms with Crippen molar-refractivity contribution < 1.29 is 19.1 Å². The lowest BCUT2D eigenvalue weighted by Gasteiger charge is -2.22. The fraction of sp³-hybridized carbons (Fsp3) is 0.526. The number of nitrogens with one attached hydrogen (secondary N) is 1. The molecule has 1 N–H and O–H groups in total. The van der Waals surface area contributed by atoms with E-state index in [0.29, 0.717) is 23.8 Å². The average molecular weight is 344 g/mol. The van der Waals surface area contributed by atoms with Crippen LogP contribution >= 0.6 is 0 Å². The predicted octanol–water partition coefficient (Wildman–Crippen LogP) is 2.57. The number of amides is 1. The Bertz CT molecular complexity index is 615. The predicted molar refractivity (Wildman–Crippen MR) is 91.8 cm³/mol. The molecule has 0 radical (unpaired) electrons. The first-order valence-corrected chi connectivity index (χ1v) is 8.68. The third-order valence-electron chi connectivity index (χ3n) is 4.31. The first-order valence-electron chi connectivity index (χ1n) is 8.68. The van der Waals surface area contributed by atoms with E-state index < -0.39 is 12.1 Å². The van der Waals surface area contributed by atoms with Crippen molar-refractivity contribution in [2.45, 2.75) is 45.1 Å². The number of nitrogens with zero attached hydrogens (tertiary/aromatic N) is 1. The molecule has 1 aromatic rings. The number of carbonyl (C=O) groups excluding carboxylic acids is 2. The van der Waals surface area contributed by atoms with Crippen molar-refractivity contribution in [1.29, 1.82) is 5.26 Å². The van der Waals surface area contributed by atoms with Gasteiger partial charge in [-0.05, 0) is 49.9 Å². The largest absolute Gasteiger partial charge is 0.482 e. The maximum Gasteiger partial charge on any atom is 0.344 e. The van der Waals surface area contributed by atoms with Crippen LogP contribution in [-0.2, 0) is 14.3 Å². The molecule has 1 aromatic carbocycles. The van der Waals surface area contributed by atoms with Crippen LogP contribution in [0.5, 0.6) is 5.75 Å². The Morgan fingerprint density at radius 1 is 1.24 bits per heavy atom. The molecular weight excluding hydrogens is 320 g/mol. The van der Waals surface area contributed by atoms with Gasteiger partial charge in [-0.1, -0.05) is 19.3 Å². The van der Waals surface area contributed by atoms with Crippen molar-refractivity contribution in [1.82, 2.24) is 5.32 Å². The molecule has 1 saturated carbocycles. The molecule has 6 heteroatoms. The van der Waals surface area contributed by atoms with Gasteiger partial charge in [0, 0.05) is 6.54 Å². The van der Waals surface area contributed by atoms with Crippen LogP contribution in [0.1, 0.15) is 44.6 Å². The summed E-state index contributed by atoms with van der Waals surface area (Å²) >= 11 is 0. The molecule has 0 unspecified atom stereocenters. The van der Waals surface area contributed by atoms with Crippen LogP contribution in [0.4, 0.5) is 0 Å². The summed E-state index contributed by atoms with van der Waals surface area (Å²) in [7, 11) is 0. The van der Waals surface area contributed by atoms with E-state index in [9.17, 15) is 9.59 Å². The number of rotatable bonds is 7. The second kappa shape index (κ2) is 9.67. The SMILES string of the molecule is C[C@@H](OC(=O)COc1ccc(C#N)cc1)C(=O)NCC1CCCCC1. The van der Waals surface area contributed by atoms with Gasteiger partial charge in [0.25, 0.3) is 5.91 Å². The molecule has 1 amide bonds. The highest BCUT2D eigenvalue weighted by atomic mass is 16.6. The van der Waals surface area contributed by atoms with Crippen LogP contribution in [0.25, 0.3) is 0 Å². The van der Waals surface area contributed by atoms with Crippen LogP contribution in [0.3, 0.4) is 0 Å². The normalized spacial score (nSPS) is 15.7. The van der Waals surface area contributed by atoms with Crippen molar-refractivity contribution in [3.63, 3.8) is 0 Å². The lowest BCUT2D eigenvalue weighted by Crippen LogP contribution is -2.39. The molecule has 1 aliphatic carbocycles. The Balaban J connectivity index is 1.67. The number of ether oxygens (including phenoxy) is 2. The van der Waals surface area contributed by atoms with Gasteiger partial charge >= 0.3 is 5.97 Å². The average Bonchev–Trinajstić information content (AvgIpc) is 2.65. The zero-order chi connectivity index (χ0) is 18.1. The minimum absolute atomic E-state index is 0.280. The zero-order valence-electron chi connectivity index (χ0n) is 14.5. The molecule has 0 bridgehead atoms. The fourth-order valence-corrected chi connectivity index (χ4v) is 2.83. The maximum atomic E-state index is 12.0. The molecule has 1 fully saturated rings. The lowest BCUT2D eigenvalue weighted by molar-refractivity contribution is -0.156. The monoisotopic (exact) mass is 344 g/mol. The van der Waals surface area contributed by atoms with E-state index in [1.54, 1.807) is 31.2 Å². The van der Waals surface area contributed by atoms with Crippen molar-refractivity contribution in [2.75, 3.05) is 13.2 Å². The van der Waals surface area contributed by atoms with E-state index in [4.69, 9.17) is 14.7 Å². The van der Waals surface area contributed by atoms with Gasteiger partial charge in [0.15, 0.2) is 12.7 Å². The zero-order valence-corrected chi connectivity index (χ0v) is 14.5. The molecule has 0 spiro atoms. The summed E-state index contributed by atoms with van der Waals surface area (Å²) in [6, 6.07) is 8.41. The van der Waals surface area contributed by atoms with Gasteiger partial charge in [-0.15, -0.1) is 0 Å². The van der Waals surface area contributed by atoms with Gasteiger partial charge in [-0.2, -0.15) is 5.26 Å². The van der Waals surface area contributed by atoms with Gasteiger partial charge < -0.3 is 14.8 Å². The minimum atomic E-state index is -0.847. The van der Waals surface area contributed by atoms with Gasteiger partial charge in [-0.3, -0.25) is 4.79 Å². The Hall–Kier alpha value is -2.55. The summed E-state index contributed by atoms with van der Waals surface area (Å²) in [5, 5.41) is 11.6. The molecule has 1 atom stereocenters. The minimum Gasteiger partial charge on any atom is -0.482 e. The highest BCUT2D eigenvalue weighted by Crippen LogP contribution is 2.22. The van der Waals surface area contributed by atoms with Crippen LogP contribution < -0.4 is 10.1 Å². The molecule has 6 nitrogen and oxygen atoms in total. The molecule has 0 aliphatic heterocycles. The first-order chi connectivity index (χ1) is 12.1. The second-order valence-electron chi connectivity index (χ2n) is 6.31. The van der Waals surface area contributed by atoms with Gasteiger partial charge in [0.2, 0.25) is 0 Å². The van der Waals surface area contributed by atoms with E-state index in [2.05, 4.69) is 5.32 Å². The molecule has 1 aliphatic rings. The first kappa shape index (κ1) is 18.8. The quantitative estimate of drug-likeness (QED) is 0.768. The van der Waals surface area contributed by atoms with E-state index in [1.165, 1.54) is 19.3 Å². The van der Waals surface area contributed by atoms with Gasteiger partial charge in [-0.25, -0.2) is 4.79 Å². The van der Waals surface area contributed by atoms with Crippen molar-refractivity contribution in [3.8, 4) is 11.8 Å². The summed E-state index contributed by atoms with van der Waals surface area (Å²) in [6.07, 6.45) is 5.16. The topological polar surface area (TPSA) is 88.4 Å². The number of carbonyl (C=O) groups is 2. The molecule has 134 valence electrons. The van der Waals surface area contributed by atoms with Crippen molar-refractivity contribution in [3.05, 3.63) is 29.8 Å². The van der Waals surface area contributed by atoms with E-state index >= 15 is 0 Å². The molecule has 0 saturated heterocycles. The summed E-state index contributed by atoms with van der Waals surface area (Å²) < 4.78 is 10.4. The molecular formula is C19H24N2O4. The third kappa shape index (κ3) is 6.46.